The molecule has 2 aliphatic rings. The first kappa shape index (κ1) is 13.4. The first-order valence-electron chi connectivity index (χ1n) is 7.31. The van der Waals surface area contributed by atoms with Crippen LogP contribution in [0.2, 0.25) is 0 Å². The van der Waals surface area contributed by atoms with E-state index < -0.39 is 0 Å². The van der Waals surface area contributed by atoms with Crippen molar-refractivity contribution < 1.29 is 14.3 Å². The number of carbonyl (C=O) groups excluding carboxylic acids is 1. The van der Waals surface area contributed by atoms with Gasteiger partial charge in [-0.05, 0) is 30.2 Å². The molecular weight excluding hydrogens is 254 g/mol. The van der Waals surface area contributed by atoms with Gasteiger partial charge in [0.05, 0.1) is 6.61 Å². The molecule has 0 radical (unpaired) electrons. The molecule has 2 aliphatic heterocycles. The summed E-state index contributed by atoms with van der Waals surface area (Å²) < 4.78 is 10.9. The number of hydrogen-bond acceptors (Lipinski definition) is 3. The van der Waals surface area contributed by atoms with Crippen LogP contribution in [-0.4, -0.2) is 37.3 Å². The van der Waals surface area contributed by atoms with Crippen molar-refractivity contribution in [1.82, 2.24) is 4.90 Å². The minimum Gasteiger partial charge on any atom is -0.445 e. The van der Waals surface area contributed by atoms with Crippen LogP contribution in [-0.2, 0) is 16.1 Å². The van der Waals surface area contributed by atoms with E-state index in [2.05, 4.69) is 0 Å². The van der Waals surface area contributed by atoms with E-state index in [1.54, 1.807) is 0 Å². The van der Waals surface area contributed by atoms with Gasteiger partial charge in [-0.3, -0.25) is 0 Å². The summed E-state index contributed by atoms with van der Waals surface area (Å²) >= 11 is 0. The summed E-state index contributed by atoms with van der Waals surface area (Å²) in [5.74, 6) is 0. The van der Waals surface area contributed by atoms with Gasteiger partial charge in [0.1, 0.15) is 6.61 Å². The van der Waals surface area contributed by atoms with Crippen molar-refractivity contribution in [1.29, 1.82) is 0 Å². The minimum atomic E-state index is -0.192. The molecule has 1 spiro atoms. The van der Waals surface area contributed by atoms with Crippen LogP contribution >= 0.6 is 0 Å². The summed E-state index contributed by atoms with van der Waals surface area (Å²) in [6.07, 6.45) is 3.02. The van der Waals surface area contributed by atoms with Gasteiger partial charge in [-0.15, -0.1) is 0 Å². The normalized spacial score (nSPS) is 21.1. The van der Waals surface area contributed by atoms with Gasteiger partial charge in [0.2, 0.25) is 0 Å². The molecule has 0 atom stereocenters. The van der Waals surface area contributed by atoms with Crippen molar-refractivity contribution in [3.8, 4) is 0 Å². The van der Waals surface area contributed by atoms with Crippen LogP contribution in [0, 0.1) is 5.41 Å². The van der Waals surface area contributed by atoms with Crippen LogP contribution in [0.1, 0.15) is 24.8 Å². The maximum Gasteiger partial charge on any atom is 0.410 e. The molecule has 2 fully saturated rings. The molecule has 0 N–H and O–H groups in total. The summed E-state index contributed by atoms with van der Waals surface area (Å²) in [4.78, 5) is 13.9. The SMILES string of the molecule is O=C(OCc1ccccc1)N1CCC2(CCOC2)CC1. The Balaban J connectivity index is 1.47. The average molecular weight is 275 g/mol. The van der Waals surface area contributed by atoms with E-state index in [0.717, 1.165) is 51.1 Å². The van der Waals surface area contributed by atoms with Gasteiger partial charge in [-0.25, -0.2) is 4.79 Å². The molecule has 0 bridgehead atoms. The third-order valence-corrected chi connectivity index (χ3v) is 4.47. The summed E-state index contributed by atoms with van der Waals surface area (Å²) in [6, 6.07) is 9.80. The highest BCUT2D eigenvalue weighted by atomic mass is 16.6. The molecule has 4 heteroatoms. The quantitative estimate of drug-likeness (QED) is 0.833. The zero-order chi connectivity index (χ0) is 13.8. The van der Waals surface area contributed by atoms with Crippen LogP contribution in [0.4, 0.5) is 4.79 Å². The molecule has 1 amide bonds. The fourth-order valence-corrected chi connectivity index (χ4v) is 3.02. The molecule has 0 aliphatic carbocycles. The molecule has 0 aromatic heterocycles. The van der Waals surface area contributed by atoms with Gasteiger partial charge in [0.15, 0.2) is 0 Å². The van der Waals surface area contributed by atoms with E-state index in [1.807, 2.05) is 35.2 Å². The molecule has 0 saturated carbocycles. The fraction of sp³-hybridized carbons (Fsp3) is 0.562. The number of carbonyl (C=O) groups is 1. The molecule has 108 valence electrons. The molecule has 3 rings (SSSR count). The second-order valence-corrected chi connectivity index (χ2v) is 5.83. The molecule has 20 heavy (non-hydrogen) atoms. The Hall–Kier alpha value is -1.55. The molecule has 1 aromatic carbocycles. The number of likely N-dealkylation sites (tertiary alicyclic amines) is 1. The fourth-order valence-electron chi connectivity index (χ4n) is 3.02. The Morgan fingerprint density at radius 1 is 1.20 bits per heavy atom. The van der Waals surface area contributed by atoms with Crippen molar-refractivity contribution in [2.24, 2.45) is 5.41 Å². The zero-order valence-electron chi connectivity index (χ0n) is 11.7. The highest BCUT2D eigenvalue weighted by Crippen LogP contribution is 2.39. The minimum absolute atomic E-state index is 0.192. The summed E-state index contributed by atoms with van der Waals surface area (Å²) in [5, 5.41) is 0. The Kier molecular flexibility index (Phi) is 3.92. The Morgan fingerprint density at radius 3 is 2.60 bits per heavy atom. The monoisotopic (exact) mass is 275 g/mol. The topological polar surface area (TPSA) is 38.8 Å². The van der Waals surface area contributed by atoms with E-state index in [-0.39, 0.29) is 6.09 Å². The molecule has 2 saturated heterocycles. The summed E-state index contributed by atoms with van der Waals surface area (Å²) in [7, 11) is 0. The number of amides is 1. The number of nitrogens with zero attached hydrogens (tertiary/aromatic N) is 1. The van der Waals surface area contributed by atoms with Crippen molar-refractivity contribution in [3.05, 3.63) is 35.9 Å². The maximum atomic E-state index is 12.0. The van der Waals surface area contributed by atoms with Gasteiger partial charge < -0.3 is 14.4 Å². The van der Waals surface area contributed by atoms with Crippen LogP contribution in [0.3, 0.4) is 0 Å². The van der Waals surface area contributed by atoms with E-state index in [1.165, 1.54) is 0 Å². The number of benzene rings is 1. The standard InChI is InChI=1S/C16H21NO3/c18-15(20-12-14-4-2-1-3-5-14)17-9-6-16(7-10-17)8-11-19-13-16/h1-5H,6-13H2. The van der Waals surface area contributed by atoms with E-state index >= 15 is 0 Å². The van der Waals surface area contributed by atoms with Gasteiger partial charge in [0.25, 0.3) is 0 Å². The smallest absolute Gasteiger partial charge is 0.410 e. The van der Waals surface area contributed by atoms with E-state index in [9.17, 15) is 4.79 Å². The number of rotatable bonds is 2. The molecular formula is C16H21NO3. The molecule has 0 unspecified atom stereocenters. The second-order valence-electron chi connectivity index (χ2n) is 5.83. The lowest BCUT2D eigenvalue weighted by molar-refractivity contribution is 0.0542. The van der Waals surface area contributed by atoms with Crippen molar-refractivity contribution in [2.75, 3.05) is 26.3 Å². The molecule has 4 nitrogen and oxygen atoms in total. The highest BCUT2D eigenvalue weighted by molar-refractivity contribution is 5.67. The number of hydrogen-bond donors (Lipinski definition) is 0. The summed E-state index contributed by atoms with van der Waals surface area (Å²) in [6.45, 7) is 3.66. The third-order valence-electron chi connectivity index (χ3n) is 4.47. The average Bonchev–Trinajstić information content (AvgIpc) is 2.95. The van der Waals surface area contributed by atoms with Crippen LogP contribution in [0.5, 0.6) is 0 Å². The first-order valence-corrected chi connectivity index (χ1v) is 7.31. The van der Waals surface area contributed by atoms with Crippen molar-refractivity contribution in [2.45, 2.75) is 25.9 Å². The van der Waals surface area contributed by atoms with Crippen LogP contribution < -0.4 is 0 Å². The largest absolute Gasteiger partial charge is 0.445 e. The lowest BCUT2D eigenvalue weighted by atomic mass is 9.78. The van der Waals surface area contributed by atoms with Gasteiger partial charge in [-0.2, -0.15) is 0 Å². The zero-order valence-corrected chi connectivity index (χ0v) is 11.7. The van der Waals surface area contributed by atoms with Gasteiger partial charge >= 0.3 is 6.09 Å². The molecule has 1 aromatic rings. The Morgan fingerprint density at radius 2 is 1.95 bits per heavy atom. The van der Waals surface area contributed by atoms with Crippen LogP contribution in [0.25, 0.3) is 0 Å². The van der Waals surface area contributed by atoms with E-state index in [4.69, 9.17) is 9.47 Å². The second kappa shape index (κ2) is 5.83. The lowest BCUT2D eigenvalue weighted by Gasteiger charge is -2.37. The lowest BCUT2D eigenvalue weighted by Crippen LogP contribution is -2.43. The predicted molar refractivity (Wildman–Crippen MR) is 75.3 cm³/mol. The van der Waals surface area contributed by atoms with Crippen LogP contribution in [0.15, 0.2) is 30.3 Å². The van der Waals surface area contributed by atoms with Gasteiger partial charge in [-0.1, -0.05) is 30.3 Å². The predicted octanol–water partition coefficient (Wildman–Crippen LogP) is 2.83. The Labute approximate surface area is 119 Å². The Bertz CT molecular complexity index is 444. The molecule has 2 heterocycles. The highest BCUT2D eigenvalue weighted by Gasteiger charge is 2.39. The van der Waals surface area contributed by atoms with Crippen molar-refractivity contribution in [3.63, 3.8) is 0 Å². The first-order chi connectivity index (χ1) is 9.77. The number of piperidine rings is 1. The van der Waals surface area contributed by atoms with Crippen molar-refractivity contribution >= 4 is 6.09 Å². The maximum absolute atomic E-state index is 12.0. The summed E-state index contributed by atoms with van der Waals surface area (Å²) in [5.41, 5.74) is 1.36. The third kappa shape index (κ3) is 2.96. The number of ether oxygens (including phenoxy) is 2. The van der Waals surface area contributed by atoms with E-state index in [0.29, 0.717) is 12.0 Å². The van der Waals surface area contributed by atoms with Gasteiger partial charge in [0, 0.05) is 19.7 Å².